The first kappa shape index (κ1) is 13.3. The highest BCUT2D eigenvalue weighted by Crippen LogP contribution is 2.44. The van der Waals surface area contributed by atoms with Crippen LogP contribution in [0.25, 0.3) is 0 Å². The van der Waals surface area contributed by atoms with E-state index in [1.807, 2.05) is 18.2 Å². The first-order valence-electron chi connectivity index (χ1n) is 7.56. The molecule has 2 aliphatic rings. The van der Waals surface area contributed by atoms with Crippen molar-refractivity contribution < 1.29 is 9.53 Å². The minimum atomic E-state index is -0.235. The smallest absolute Gasteiger partial charge is 0.232 e. The number of ether oxygens (including phenoxy) is 1. The molecule has 1 aliphatic carbocycles. The molecule has 108 valence electrons. The van der Waals surface area contributed by atoms with Gasteiger partial charge in [-0.15, -0.1) is 0 Å². The normalized spacial score (nSPS) is 19.9. The number of amides is 1. The van der Waals surface area contributed by atoms with Crippen molar-refractivity contribution in [2.24, 2.45) is 5.41 Å². The van der Waals surface area contributed by atoms with E-state index in [1.54, 1.807) is 0 Å². The second kappa shape index (κ2) is 5.35. The van der Waals surface area contributed by atoms with Gasteiger partial charge in [0.1, 0.15) is 11.4 Å². The standard InChI is InChI=1S/C16H22N2O2/c1-2-10-20-13-7-5-6-12-14(13)18-15(19)16(11-17-12)8-3-4-9-16/h5-7,17H,2-4,8-11H2,1H3,(H,18,19). The third-order valence-electron chi connectivity index (χ3n) is 4.39. The van der Waals surface area contributed by atoms with Gasteiger partial charge in [-0.1, -0.05) is 25.8 Å². The monoisotopic (exact) mass is 274 g/mol. The molecule has 1 heterocycles. The predicted molar refractivity (Wildman–Crippen MR) is 80.2 cm³/mol. The number of hydrogen-bond donors (Lipinski definition) is 2. The van der Waals surface area contributed by atoms with Gasteiger partial charge in [0.15, 0.2) is 0 Å². The van der Waals surface area contributed by atoms with E-state index in [9.17, 15) is 4.79 Å². The van der Waals surface area contributed by atoms with Gasteiger partial charge in [0.2, 0.25) is 5.91 Å². The lowest BCUT2D eigenvalue weighted by molar-refractivity contribution is -0.124. The van der Waals surface area contributed by atoms with Crippen molar-refractivity contribution in [3.63, 3.8) is 0 Å². The molecule has 20 heavy (non-hydrogen) atoms. The molecule has 3 rings (SSSR count). The molecule has 4 nitrogen and oxygen atoms in total. The average molecular weight is 274 g/mol. The van der Waals surface area contributed by atoms with E-state index in [0.717, 1.165) is 55.8 Å². The Morgan fingerprint density at radius 2 is 2.10 bits per heavy atom. The number of para-hydroxylation sites is 1. The van der Waals surface area contributed by atoms with Crippen molar-refractivity contribution in [3.8, 4) is 5.75 Å². The summed E-state index contributed by atoms with van der Waals surface area (Å²) in [6.07, 6.45) is 5.19. The molecular formula is C16H22N2O2. The van der Waals surface area contributed by atoms with Gasteiger partial charge < -0.3 is 15.4 Å². The van der Waals surface area contributed by atoms with E-state index >= 15 is 0 Å². The van der Waals surface area contributed by atoms with E-state index in [4.69, 9.17) is 4.74 Å². The topological polar surface area (TPSA) is 50.4 Å². The third kappa shape index (κ3) is 2.23. The van der Waals surface area contributed by atoms with Gasteiger partial charge in [-0.05, 0) is 31.4 Å². The summed E-state index contributed by atoms with van der Waals surface area (Å²) in [6.45, 7) is 3.46. The summed E-state index contributed by atoms with van der Waals surface area (Å²) < 4.78 is 5.75. The van der Waals surface area contributed by atoms with E-state index in [0.29, 0.717) is 6.61 Å². The Hall–Kier alpha value is -1.71. The summed E-state index contributed by atoms with van der Waals surface area (Å²) in [5, 5.41) is 6.55. The van der Waals surface area contributed by atoms with Gasteiger partial charge in [-0.2, -0.15) is 0 Å². The highest BCUT2D eigenvalue weighted by Gasteiger charge is 2.43. The maximum absolute atomic E-state index is 12.6. The lowest BCUT2D eigenvalue weighted by Gasteiger charge is -2.24. The Labute approximate surface area is 119 Å². The predicted octanol–water partition coefficient (Wildman–Crippen LogP) is 3.40. The van der Waals surface area contributed by atoms with Crippen LogP contribution in [0.2, 0.25) is 0 Å². The van der Waals surface area contributed by atoms with Crippen LogP contribution in [0.5, 0.6) is 5.75 Å². The molecule has 0 bridgehead atoms. The van der Waals surface area contributed by atoms with Crippen molar-refractivity contribution in [2.75, 3.05) is 23.8 Å². The van der Waals surface area contributed by atoms with Crippen LogP contribution in [-0.4, -0.2) is 19.1 Å². The molecule has 1 aromatic carbocycles. The number of carbonyl (C=O) groups is 1. The van der Waals surface area contributed by atoms with E-state index in [2.05, 4.69) is 17.6 Å². The Kier molecular flexibility index (Phi) is 3.55. The lowest BCUT2D eigenvalue weighted by atomic mass is 9.85. The van der Waals surface area contributed by atoms with E-state index in [1.165, 1.54) is 0 Å². The minimum Gasteiger partial charge on any atom is -0.491 e. The molecule has 2 N–H and O–H groups in total. The van der Waals surface area contributed by atoms with Gasteiger partial charge in [-0.3, -0.25) is 4.79 Å². The highest BCUT2D eigenvalue weighted by molar-refractivity contribution is 6.01. The van der Waals surface area contributed by atoms with Crippen LogP contribution in [0.3, 0.4) is 0 Å². The van der Waals surface area contributed by atoms with Crippen molar-refractivity contribution in [3.05, 3.63) is 18.2 Å². The quantitative estimate of drug-likeness (QED) is 0.888. The lowest BCUT2D eigenvalue weighted by Crippen LogP contribution is -2.37. The zero-order valence-corrected chi connectivity index (χ0v) is 12.0. The Morgan fingerprint density at radius 1 is 1.30 bits per heavy atom. The number of nitrogens with one attached hydrogen (secondary N) is 2. The van der Waals surface area contributed by atoms with Crippen LogP contribution >= 0.6 is 0 Å². The summed E-state index contributed by atoms with van der Waals surface area (Å²) in [5.74, 6) is 0.911. The second-order valence-electron chi connectivity index (χ2n) is 5.82. The number of carbonyl (C=O) groups excluding carboxylic acids is 1. The molecule has 1 spiro atoms. The van der Waals surface area contributed by atoms with Crippen LogP contribution in [0.15, 0.2) is 18.2 Å². The number of hydrogen-bond acceptors (Lipinski definition) is 3. The maximum Gasteiger partial charge on any atom is 0.232 e. The highest BCUT2D eigenvalue weighted by atomic mass is 16.5. The fourth-order valence-electron chi connectivity index (χ4n) is 3.19. The summed E-state index contributed by atoms with van der Waals surface area (Å²) in [4.78, 5) is 12.6. The molecule has 1 amide bonds. The zero-order chi connectivity index (χ0) is 14.0. The SMILES string of the molecule is CCCOc1cccc2c1NC(=O)C1(CCCC1)CN2. The van der Waals surface area contributed by atoms with Crippen LogP contribution < -0.4 is 15.4 Å². The maximum atomic E-state index is 12.6. The molecule has 1 aliphatic heterocycles. The largest absolute Gasteiger partial charge is 0.491 e. The Morgan fingerprint density at radius 3 is 2.85 bits per heavy atom. The fraction of sp³-hybridized carbons (Fsp3) is 0.562. The van der Waals surface area contributed by atoms with Gasteiger partial charge >= 0.3 is 0 Å². The molecule has 1 aromatic rings. The van der Waals surface area contributed by atoms with Crippen molar-refractivity contribution >= 4 is 17.3 Å². The van der Waals surface area contributed by atoms with Gasteiger partial charge in [0, 0.05) is 6.54 Å². The van der Waals surface area contributed by atoms with Gasteiger partial charge in [0.25, 0.3) is 0 Å². The van der Waals surface area contributed by atoms with Crippen molar-refractivity contribution in [1.82, 2.24) is 0 Å². The first-order chi connectivity index (χ1) is 9.75. The third-order valence-corrected chi connectivity index (χ3v) is 4.39. The summed E-state index contributed by atoms with van der Waals surface area (Å²) >= 11 is 0. The van der Waals surface area contributed by atoms with Gasteiger partial charge in [0.05, 0.1) is 17.7 Å². The van der Waals surface area contributed by atoms with Crippen molar-refractivity contribution in [1.29, 1.82) is 0 Å². The number of benzene rings is 1. The average Bonchev–Trinajstić information content (AvgIpc) is 2.89. The summed E-state index contributed by atoms with van der Waals surface area (Å²) in [7, 11) is 0. The molecule has 0 saturated heterocycles. The summed E-state index contributed by atoms with van der Waals surface area (Å²) in [6, 6.07) is 5.89. The molecule has 4 heteroatoms. The van der Waals surface area contributed by atoms with E-state index < -0.39 is 0 Å². The molecule has 0 radical (unpaired) electrons. The Balaban J connectivity index is 1.90. The molecular weight excluding hydrogens is 252 g/mol. The minimum absolute atomic E-state index is 0.147. The van der Waals surface area contributed by atoms with E-state index in [-0.39, 0.29) is 11.3 Å². The van der Waals surface area contributed by atoms with Crippen molar-refractivity contribution in [2.45, 2.75) is 39.0 Å². The number of rotatable bonds is 3. The first-order valence-corrected chi connectivity index (χ1v) is 7.56. The second-order valence-corrected chi connectivity index (χ2v) is 5.82. The molecule has 0 aromatic heterocycles. The summed E-state index contributed by atoms with van der Waals surface area (Å²) in [5.41, 5.74) is 1.53. The molecule has 0 unspecified atom stereocenters. The molecule has 1 saturated carbocycles. The van der Waals surface area contributed by atoms with Crippen LogP contribution in [0, 0.1) is 5.41 Å². The zero-order valence-electron chi connectivity index (χ0n) is 12.0. The van der Waals surface area contributed by atoms with Crippen LogP contribution in [-0.2, 0) is 4.79 Å². The molecule has 1 fully saturated rings. The number of fused-ring (bicyclic) bond motifs is 1. The van der Waals surface area contributed by atoms with Crippen LogP contribution in [0.4, 0.5) is 11.4 Å². The molecule has 0 atom stereocenters. The number of anilines is 2. The van der Waals surface area contributed by atoms with Crippen LogP contribution in [0.1, 0.15) is 39.0 Å². The fourth-order valence-corrected chi connectivity index (χ4v) is 3.19. The Bertz CT molecular complexity index is 507. The van der Waals surface area contributed by atoms with Gasteiger partial charge in [-0.25, -0.2) is 0 Å².